The number of carbonyl (C=O) groups is 2. The van der Waals surface area contributed by atoms with E-state index in [9.17, 15) is 9.59 Å². The number of rotatable bonds is 3. The molecule has 1 rings (SSSR count). The van der Waals surface area contributed by atoms with Crippen molar-refractivity contribution in [2.45, 2.75) is 25.9 Å². The molecule has 5 heteroatoms. The fourth-order valence-electron chi connectivity index (χ4n) is 1.28. The minimum absolute atomic E-state index is 0.0494. The second kappa shape index (κ2) is 5.59. The predicted molar refractivity (Wildman–Crippen MR) is 48.6 cm³/mol. The molecule has 0 saturated carbocycles. The molecule has 1 atom stereocenters. The van der Waals surface area contributed by atoms with Gasteiger partial charge in [0.1, 0.15) is 0 Å². The minimum Gasteiger partial charge on any atom is -0.459 e. The number of hydrogen-bond acceptors (Lipinski definition) is 4. The predicted octanol–water partition coefficient (Wildman–Crippen LogP) is -0.155. The van der Waals surface area contributed by atoms with Crippen molar-refractivity contribution >= 4 is 11.9 Å². The van der Waals surface area contributed by atoms with Gasteiger partial charge in [-0.15, -0.1) is 0 Å². The average Bonchev–Trinajstić information content (AvgIpc) is 2.67. The van der Waals surface area contributed by atoms with Gasteiger partial charge in [-0.05, 0) is 19.8 Å². The number of amides is 1. The molecular formula is C9H15NO4. The number of hydrogen-bond donors (Lipinski definition) is 1. The second-order valence-electron chi connectivity index (χ2n) is 3.07. The maximum absolute atomic E-state index is 11.0. The van der Waals surface area contributed by atoms with E-state index in [1.165, 1.54) is 0 Å². The zero-order chi connectivity index (χ0) is 10.4. The van der Waals surface area contributed by atoms with Crippen LogP contribution >= 0.6 is 0 Å². The average molecular weight is 201 g/mol. The summed E-state index contributed by atoms with van der Waals surface area (Å²) in [5, 5.41) is 2.47. The molecule has 14 heavy (non-hydrogen) atoms. The van der Waals surface area contributed by atoms with Crippen molar-refractivity contribution in [2.75, 3.05) is 19.8 Å². The zero-order valence-corrected chi connectivity index (χ0v) is 8.25. The van der Waals surface area contributed by atoms with Gasteiger partial charge in [-0.25, -0.2) is 4.79 Å². The van der Waals surface area contributed by atoms with Gasteiger partial charge in [0.2, 0.25) is 0 Å². The van der Waals surface area contributed by atoms with Crippen LogP contribution in [-0.4, -0.2) is 37.7 Å². The number of nitrogens with one attached hydrogen (secondary N) is 1. The Hall–Kier alpha value is -1.10. The Kier molecular flexibility index (Phi) is 4.39. The molecule has 1 aliphatic rings. The van der Waals surface area contributed by atoms with Crippen molar-refractivity contribution < 1.29 is 19.1 Å². The molecule has 0 aromatic rings. The van der Waals surface area contributed by atoms with E-state index in [0.717, 1.165) is 19.4 Å². The molecule has 1 N–H and O–H groups in total. The molecule has 0 unspecified atom stereocenters. The molecule has 1 aliphatic heterocycles. The van der Waals surface area contributed by atoms with Crippen molar-refractivity contribution in [2.24, 2.45) is 0 Å². The Morgan fingerprint density at radius 2 is 2.36 bits per heavy atom. The zero-order valence-electron chi connectivity index (χ0n) is 8.25. The highest BCUT2D eigenvalue weighted by atomic mass is 16.5. The van der Waals surface area contributed by atoms with Crippen molar-refractivity contribution in [3.63, 3.8) is 0 Å². The highest BCUT2D eigenvalue weighted by molar-refractivity contribution is 6.32. The lowest BCUT2D eigenvalue weighted by atomic mass is 10.2. The molecule has 0 spiro atoms. The van der Waals surface area contributed by atoms with Gasteiger partial charge in [0, 0.05) is 13.2 Å². The van der Waals surface area contributed by atoms with Crippen LogP contribution in [0.3, 0.4) is 0 Å². The van der Waals surface area contributed by atoms with Gasteiger partial charge in [-0.1, -0.05) is 0 Å². The van der Waals surface area contributed by atoms with Crippen LogP contribution in [0.2, 0.25) is 0 Å². The smallest absolute Gasteiger partial charge is 0.396 e. The Morgan fingerprint density at radius 3 is 2.93 bits per heavy atom. The lowest BCUT2D eigenvalue weighted by molar-refractivity contribution is -0.154. The van der Waals surface area contributed by atoms with Crippen molar-refractivity contribution in [1.82, 2.24) is 5.32 Å². The Morgan fingerprint density at radius 1 is 1.57 bits per heavy atom. The number of carbonyl (C=O) groups excluding carboxylic acids is 2. The summed E-state index contributed by atoms with van der Waals surface area (Å²) in [6.45, 7) is 3.00. The van der Waals surface area contributed by atoms with Crippen LogP contribution < -0.4 is 5.32 Å². The van der Waals surface area contributed by atoms with E-state index in [1.807, 2.05) is 0 Å². The molecule has 0 aliphatic carbocycles. The Labute approximate surface area is 82.8 Å². The monoisotopic (exact) mass is 201 g/mol. The highest BCUT2D eigenvalue weighted by Crippen LogP contribution is 2.10. The van der Waals surface area contributed by atoms with Gasteiger partial charge in [-0.2, -0.15) is 0 Å². The maximum atomic E-state index is 11.0. The molecule has 0 bridgehead atoms. The van der Waals surface area contributed by atoms with Gasteiger partial charge in [0.05, 0.1) is 12.7 Å². The van der Waals surface area contributed by atoms with E-state index in [1.54, 1.807) is 6.92 Å². The largest absolute Gasteiger partial charge is 0.459 e. The van der Waals surface area contributed by atoms with Crippen LogP contribution in [0.1, 0.15) is 19.8 Å². The Bertz CT molecular complexity index is 211. The van der Waals surface area contributed by atoms with E-state index >= 15 is 0 Å². The summed E-state index contributed by atoms with van der Waals surface area (Å²) in [5.41, 5.74) is 0. The second-order valence-corrected chi connectivity index (χ2v) is 3.07. The van der Waals surface area contributed by atoms with E-state index in [-0.39, 0.29) is 12.7 Å². The number of esters is 1. The lowest BCUT2D eigenvalue weighted by Crippen LogP contribution is -2.37. The third-order valence-electron chi connectivity index (χ3n) is 1.98. The first-order valence-electron chi connectivity index (χ1n) is 4.80. The maximum Gasteiger partial charge on any atom is 0.396 e. The normalized spacial score (nSPS) is 20.5. The molecular weight excluding hydrogens is 186 g/mol. The van der Waals surface area contributed by atoms with E-state index in [4.69, 9.17) is 4.74 Å². The van der Waals surface area contributed by atoms with Crippen LogP contribution in [0.15, 0.2) is 0 Å². The van der Waals surface area contributed by atoms with Gasteiger partial charge in [-0.3, -0.25) is 4.79 Å². The molecule has 1 saturated heterocycles. The van der Waals surface area contributed by atoms with E-state index in [2.05, 4.69) is 10.1 Å². The van der Waals surface area contributed by atoms with Crippen molar-refractivity contribution in [1.29, 1.82) is 0 Å². The molecule has 5 nitrogen and oxygen atoms in total. The molecule has 1 amide bonds. The Balaban J connectivity index is 2.16. The third-order valence-corrected chi connectivity index (χ3v) is 1.98. The summed E-state index contributed by atoms with van der Waals surface area (Å²) in [6, 6.07) is 0. The lowest BCUT2D eigenvalue weighted by Gasteiger charge is -2.09. The summed E-state index contributed by atoms with van der Waals surface area (Å²) in [4.78, 5) is 21.9. The molecule has 1 fully saturated rings. The van der Waals surface area contributed by atoms with Gasteiger partial charge in [0.15, 0.2) is 0 Å². The molecule has 0 radical (unpaired) electrons. The summed E-state index contributed by atoms with van der Waals surface area (Å²) >= 11 is 0. The van der Waals surface area contributed by atoms with Crippen LogP contribution in [0.25, 0.3) is 0 Å². The quantitative estimate of drug-likeness (QED) is 0.509. The first kappa shape index (κ1) is 11.0. The first-order valence-corrected chi connectivity index (χ1v) is 4.80. The van der Waals surface area contributed by atoms with Crippen molar-refractivity contribution in [3.8, 4) is 0 Å². The van der Waals surface area contributed by atoms with E-state index < -0.39 is 11.9 Å². The molecule has 0 aromatic heterocycles. The topological polar surface area (TPSA) is 64.6 Å². The molecule has 80 valence electrons. The first-order chi connectivity index (χ1) is 6.74. The third kappa shape index (κ3) is 3.33. The van der Waals surface area contributed by atoms with Gasteiger partial charge < -0.3 is 14.8 Å². The molecule has 1 heterocycles. The van der Waals surface area contributed by atoms with Gasteiger partial charge >= 0.3 is 11.9 Å². The summed E-state index contributed by atoms with van der Waals surface area (Å²) in [7, 11) is 0. The van der Waals surface area contributed by atoms with Crippen LogP contribution in [-0.2, 0) is 19.1 Å². The highest BCUT2D eigenvalue weighted by Gasteiger charge is 2.19. The number of ether oxygens (including phenoxy) is 2. The van der Waals surface area contributed by atoms with Gasteiger partial charge in [0.25, 0.3) is 0 Å². The standard InChI is InChI=1S/C9H15NO4/c1-2-13-9(12)8(11)10-6-7-4-3-5-14-7/h7H,2-6H2,1H3,(H,10,11)/t7-/m1/s1. The summed E-state index contributed by atoms with van der Waals surface area (Å²) in [6.07, 6.45) is 2.00. The summed E-state index contributed by atoms with van der Waals surface area (Å²) < 4.78 is 9.80. The van der Waals surface area contributed by atoms with Crippen molar-refractivity contribution in [3.05, 3.63) is 0 Å². The molecule has 0 aromatic carbocycles. The van der Waals surface area contributed by atoms with Crippen LogP contribution in [0, 0.1) is 0 Å². The van der Waals surface area contributed by atoms with E-state index in [0.29, 0.717) is 6.54 Å². The SMILES string of the molecule is CCOC(=O)C(=O)NC[C@H]1CCCO1. The summed E-state index contributed by atoms with van der Waals surface area (Å²) in [5.74, 6) is -1.52. The minimum atomic E-state index is -0.828. The van der Waals surface area contributed by atoms with Crippen LogP contribution in [0.5, 0.6) is 0 Å². The fourth-order valence-corrected chi connectivity index (χ4v) is 1.28. The fraction of sp³-hybridized carbons (Fsp3) is 0.778. The van der Waals surface area contributed by atoms with Crippen LogP contribution in [0.4, 0.5) is 0 Å².